The van der Waals surface area contributed by atoms with Crippen LogP contribution in [0.25, 0.3) is 0 Å². The van der Waals surface area contributed by atoms with E-state index < -0.39 is 5.97 Å². The summed E-state index contributed by atoms with van der Waals surface area (Å²) in [6.07, 6.45) is 8.46. The molecule has 1 aromatic heterocycles. The first-order valence-electron chi connectivity index (χ1n) is 6.58. The molecule has 1 aromatic rings. The lowest BCUT2D eigenvalue weighted by atomic mass is 9.94. The number of rotatable bonds is 5. The minimum Gasteiger partial charge on any atom is -0.481 e. The fraction of sp³-hybridized carbons (Fsp3) is 0.615. The second-order valence-electron chi connectivity index (χ2n) is 4.76. The van der Waals surface area contributed by atoms with Crippen LogP contribution in [0.5, 0.6) is 0 Å². The van der Waals surface area contributed by atoms with Gasteiger partial charge in [0.15, 0.2) is 5.16 Å². The summed E-state index contributed by atoms with van der Waals surface area (Å²) in [5.74, 6) is -0.975. The van der Waals surface area contributed by atoms with Gasteiger partial charge in [0.25, 0.3) is 5.56 Å². The quantitative estimate of drug-likeness (QED) is 0.664. The molecule has 1 aliphatic rings. The van der Waals surface area contributed by atoms with Crippen molar-refractivity contribution in [2.75, 3.05) is 12.0 Å². The van der Waals surface area contributed by atoms with Crippen molar-refractivity contribution in [2.45, 2.75) is 42.1 Å². The van der Waals surface area contributed by atoms with Gasteiger partial charge in [-0.05, 0) is 19.1 Å². The van der Waals surface area contributed by atoms with E-state index in [1.807, 2.05) is 16.3 Å². The molecular weight excluding hydrogens is 296 g/mol. The number of thioether (sulfide) groups is 2. The van der Waals surface area contributed by atoms with Gasteiger partial charge in [-0.15, -0.1) is 0 Å². The summed E-state index contributed by atoms with van der Waals surface area (Å²) in [4.78, 5) is 26.1. The molecule has 0 bridgehead atoms. The summed E-state index contributed by atoms with van der Waals surface area (Å²) in [5.41, 5.74) is -0.314. The van der Waals surface area contributed by atoms with E-state index in [1.165, 1.54) is 12.5 Å². The highest BCUT2D eigenvalue weighted by atomic mass is 32.2. The van der Waals surface area contributed by atoms with E-state index in [-0.39, 0.29) is 11.3 Å². The van der Waals surface area contributed by atoms with Gasteiger partial charge in [-0.1, -0.05) is 24.6 Å². The normalized spacial score (nSPS) is 22.6. The summed E-state index contributed by atoms with van der Waals surface area (Å²) in [5, 5.41) is 9.82. The molecule has 5 nitrogen and oxygen atoms in total. The predicted molar refractivity (Wildman–Crippen MR) is 81.7 cm³/mol. The molecule has 1 aliphatic carbocycles. The molecule has 0 aliphatic heterocycles. The van der Waals surface area contributed by atoms with Crippen molar-refractivity contribution in [1.29, 1.82) is 0 Å². The Kier molecular flexibility index (Phi) is 5.54. The highest BCUT2D eigenvalue weighted by Crippen LogP contribution is 2.37. The summed E-state index contributed by atoms with van der Waals surface area (Å²) in [6.45, 7) is 0. The molecule has 1 fully saturated rings. The number of aliphatic carboxylic acids is 1. The first-order valence-corrected chi connectivity index (χ1v) is 8.85. The fourth-order valence-corrected chi connectivity index (χ4v) is 4.29. The second kappa shape index (κ2) is 7.17. The SMILES string of the molecule is CSC1CCCCC1n1ccc(=O)nc1SCC(=O)O. The van der Waals surface area contributed by atoms with E-state index >= 15 is 0 Å². The minimum atomic E-state index is -0.898. The molecule has 0 saturated heterocycles. The van der Waals surface area contributed by atoms with E-state index in [2.05, 4.69) is 11.2 Å². The maximum Gasteiger partial charge on any atom is 0.313 e. The predicted octanol–water partition coefficient (Wildman–Crippen LogP) is 2.27. The second-order valence-corrected chi connectivity index (χ2v) is 6.78. The highest BCUT2D eigenvalue weighted by Gasteiger charge is 2.27. The summed E-state index contributed by atoms with van der Waals surface area (Å²) in [6, 6.07) is 1.75. The number of carboxylic acids is 1. The highest BCUT2D eigenvalue weighted by molar-refractivity contribution is 7.99. The van der Waals surface area contributed by atoms with Gasteiger partial charge in [0, 0.05) is 23.6 Å². The van der Waals surface area contributed by atoms with Crippen molar-refractivity contribution in [3.05, 3.63) is 22.6 Å². The Bertz CT molecular complexity index is 533. The Labute approximate surface area is 126 Å². The van der Waals surface area contributed by atoms with Crippen molar-refractivity contribution in [3.8, 4) is 0 Å². The number of hydrogen-bond acceptors (Lipinski definition) is 5. The van der Waals surface area contributed by atoms with Gasteiger partial charge >= 0.3 is 5.97 Å². The third-order valence-corrected chi connectivity index (χ3v) is 5.56. The zero-order valence-corrected chi connectivity index (χ0v) is 13.0. The smallest absolute Gasteiger partial charge is 0.313 e. The van der Waals surface area contributed by atoms with Crippen molar-refractivity contribution in [3.63, 3.8) is 0 Å². The average Bonchev–Trinajstić information content (AvgIpc) is 2.45. The molecule has 2 atom stereocenters. The van der Waals surface area contributed by atoms with Crippen LogP contribution in [0.4, 0.5) is 0 Å². The first kappa shape index (κ1) is 15.4. The lowest BCUT2D eigenvalue weighted by Crippen LogP contribution is -2.28. The van der Waals surface area contributed by atoms with Gasteiger partial charge in [-0.2, -0.15) is 16.7 Å². The van der Waals surface area contributed by atoms with E-state index in [0.717, 1.165) is 31.0 Å². The summed E-state index contributed by atoms with van der Waals surface area (Å²) in [7, 11) is 0. The topological polar surface area (TPSA) is 72.2 Å². The largest absolute Gasteiger partial charge is 0.481 e. The van der Waals surface area contributed by atoms with Gasteiger partial charge in [-0.25, -0.2) is 0 Å². The number of nitrogens with zero attached hydrogens (tertiary/aromatic N) is 2. The molecule has 2 rings (SSSR count). The van der Waals surface area contributed by atoms with Crippen molar-refractivity contribution >= 4 is 29.5 Å². The molecule has 2 unspecified atom stereocenters. The number of aromatic nitrogens is 2. The molecule has 7 heteroatoms. The van der Waals surface area contributed by atoms with Crippen LogP contribution in [0, 0.1) is 0 Å². The molecule has 0 amide bonds. The Morgan fingerprint density at radius 1 is 1.50 bits per heavy atom. The van der Waals surface area contributed by atoms with Crippen molar-refractivity contribution in [2.24, 2.45) is 0 Å². The lowest BCUT2D eigenvalue weighted by molar-refractivity contribution is -0.133. The van der Waals surface area contributed by atoms with Gasteiger partial charge in [0.2, 0.25) is 0 Å². The van der Waals surface area contributed by atoms with Gasteiger partial charge in [0.05, 0.1) is 5.75 Å². The minimum absolute atomic E-state index is 0.0763. The molecule has 1 heterocycles. The van der Waals surface area contributed by atoms with E-state index in [1.54, 1.807) is 6.20 Å². The average molecular weight is 314 g/mol. The molecule has 0 radical (unpaired) electrons. The number of carboxylic acid groups (broad SMARTS) is 1. The first-order chi connectivity index (χ1) is 9.61. The maximum atomic E-state index is 11.4. The Morgan fingerprint density at radius 2 is 2.25 bits per heavy atom. The standard InChI is InChI=1S/C13H18N2O3S2/c1-19-10-5-3-2-4-9(10)15-7-6-11(16)14-13(15)20-8-12(17)18/h6-7,9-10H,2-5,8H2,1H3,(H,17,18). The maximum absolute atomic E-state index is 11.4. The van der Waals surface area contributed by atoms with E-state index in [4.69, 9.17) is 5.11 Å². The lowest BCUT2D eigenvalue weighted by Gasteiger charge is -2.33. The van der Waals surface area contributed by atoms with Crippen molar-refractivity contribution in [1.82, 2.24) is 9.55 Å². The third kappa shape index (κ3) is 3.79. The van der Waals surface area contributed by atoms with Gasteiger partial charge < -0.3 is 9.67 Å². The van der Waals surface area contributed by atoms with Gasteiger partial charge in [0.1, 0.15) is 0 Å². The molecule has 1 N–H and O–H groups in total. The third-order valence-electron chi connectivity index (χ3n) is 3.46. The van der Waals surface area contributed by atoms with Crippen LogP contribution in [-0.4, -0.2) is 37.9 Å². The molecular formula is C13H18N2O3S2. The van der Waals surface area contributed by atoms with Crippen LogP contribution in [-0.2, 0) is 4.79 Å². The van der Waals surface area contributed by atoms with Crippen LogP contribution in [0.2, 0.25) is 0 Å². The Balaban J connectivity index is 2.28. The molecule has 1 saturated carbocycles. The molecule has 20 heavy (non-hydrogen) atoms. The Hall–Kier alpha value is -0.950. The van der Waals surface area contributed by atoms with Crippen LogP contribution in [0.3, 0.4) is 0 Å². The number of carbonyl (C=O) groups is 1. The van der Waals surface area contributed by atoms with E-state index in [0.29, 0.717) is 16.4 Å². The summed E-state index contributed by atoms with van der Waals surface area (Å²) >= 11 is 2.95. The monoisotopic (exact) mass is 314 g/mol. The van der Waals surface area contributed by atoms with Gasteiger partial charge in [-0.3, -0.25) is 9.59 Å². The summed E-state index contributed by atoms with van der Waals surface area (Å²) < 4.78 is 2.00. The number of hydrogen-bond donors (Lipinski definition) is 1. The van der Waals surface area contributed by atoms with Crippen LogP contribution in [0.15, 0.2) is 22.2 Å². The molecule has 0 aromatic carbocycles. The zero-order chi connectivity index (χ0) is 14.5. The fourth-order valence-electron chi connectivity index (χ4n) is 2.55. The molecule has 110 valence electrons. The van der Waals surface area contributed by atoms with E-state index in [9.17, 15) is 9.59 Å². The molecule has 0 spiro atoms. The van der Waals surface area contributed by atoms with Crippen molar-refractivity contribution < 1.29 is 9.90 Å². The van der Waals surface area contributed by atoms with Crippen LogP contribution >= 0.6 is 23.5 Å². The Morgan fingerprint density at radius 3 is 2.95 bits per heavy atom. The van der Waals surface area contributed by atoms with Crippen LogP contribution < -0.4 is 5.56 Å². The zero-order valence-electron chi connectivity index (χ0n) is 11.3. The van der Waals surface area contributed by atoms with Crippen LogP contribution in [0.1, 0.15) is 31.7 Å².